The van der Waals surface area contributed by atoms with Crippen LogP contribution in [0.25, 0.3) is 0 Å². The molecule has 0 atom stereocenters. The lowest BCUT2D eigenvalue weighted by atomic mass is 10.4. The van der Waals surface area contributed by atoms with E-state index in [2.05, 4.69) is 14.7 Å². The molecule has 2 rings (SSSR count). The van der Waals surface area contributed by atoms with E-state index in [4.69, 9.17) is 11.6 Å². The zero-order valence-electron chi connectivity index (χ0n) is 9.46. The first-order valence-corrected chi connectivity index (χ1v) is 6.92. The molecule has 0 aliphatic heterocycles. The Balaban J connectivity index is 2.37. The van der Waals surface area contributed by atoms with Crippen LogP contribution in [-0.2, 0) is 10.0 Å². The molecule has 0 spiro atoms. The number of aromatic nitrogens is 2. The number of aryl methyl sites for hydroxylation is 1. The van der Waals surface area contributed by atoms with Crippen molar-refractivity contribution in [2.75, 3.05) is 4.72 Å². The second kappa shape index (κ2) is 4.91. The number of nitrogens with zero attached hydrogens (tertiary/aromatic N) is 2. The fourth-order valence-electron chi connectivity index (χ4n) is 1.34. The fraction of sp³-hybridized carbons (Fsp3) is 0.0909. The molecule has 1 aromatic carbocycles. The fourth-order valence-corrected chi connectivity index (χ4v) is 2.81. The van der Waals surface area contributed by atoms with Gasteiger partial charge in [-0.2, -0.15) is 0 Å². The predicted octanol–water partition coefficient (Wildman–Crippen LogP) is 2.24. The summed E-state index contributed by atoms with van der Waals surface area (Å²) in [7, 11) is -3.77. The van der Waals surface area contributed by atoms with Gasteiger partial charge in [-0.3, -0.25) is 0 Å². The first kappa shape index (κ1) is 12.8. The standard InChI is InChI=1S/C11H10ClN3O2S/c1-8-6-7-13-11(14-8)15-18(16,17)10-5-3-2-4-9(10)12/h2-7H,1H3,(H,13,14,15). The summed E-state index contributed by atoms with van der Waals surface area (Å²) in [6.45, 7) is 1.75. The van der Waals surface area contributed by atoms with Gasteiger partial charge in [0.25, 0.3) is 10.0 Å². The van der Waals surface area contributed by atoms with Crippen LogP contribution in [0.5, 0.6) is 0 Å². The number of hydrogen-bond donors (Lipinski definition) is 1. The van der Waals surface area contributed by atoms with Gasteiger partial charge >= 0.3 is 0 Å². The van der Waals surface area contributed by atoms with E-state index in [0.29, 0.717) is 5.69 Å². The van der Waals surface area contributed by atoms with Gasteiger partial charge in [-0.15, -0.1) is 0 Å². The summed E-state index contributed by atoms with van der Waals surface area (Å²) >= 11 is 5.85. The lowest BCUT2D eigenvalue weighted by molar-refractivity contribution is 0.601. The van der Waals surface area contributed by atoms with Gasteiger partial charge in [-0.25, -0.2) is 23.1 Å². The Morgan fingerprint density at radius 2 is 1.94 bits per heavy atom. The molecule has 0 amide bonds. The molecule has 2 aromatic rings. The molecule has 18 heavy (non-hydrogen) atoms. The third-order valence-corrected chi connectivity index (χ3v) is 3.97. The normalized spacial score (nSPS) is 11.2. The topological polar surface area (TPSA) is 72.0 Å². The zero-order chi connectivity index (χ0) is 13.2. The number of sulfonamides is 1. The van der Waals surface area contributed by atoms with Crippen molar-refractivity contribution in [2.45, 2.75) is 11.8 Å². The first-order valence-electron chi connectivity index (χ1n) is 5.06. The molecule has 1 heterocycles. The van der Waals surface area contributed by atoms with Crippen molar-refractivity contribution in [3.63, 3.8) is 0 Å². The van der Waals surface area contributed by atoms with Gasteiger partial charge in [0.2, 0.25) is 5.95 Å². The predicted molar refractivity (Wildman–Crippen MR) is 69.0 cm³/mol. The monoisotopic (exact) mass is 283 g/mol. The van der Waals surface area contributed by atoms with E-state index in [1.54, 1.807) is 25.1 Å². The van der Waals surface area contributed by atoms with Crippen LogP contribution < -0.4 is 4.72 Å². The van der Waals surface area contributed by atoms with Gasteiger partial charge in [-0.05, 0) is 25.1 Å². The van der Waals surface area contributed by atoms with Crippen LogP contribution in [0.1, 0.15) is 5.69 Å². The molecule has 94 valence electrons. The summed E-state index contributed by atoms with van der Waals surface area (Å²) in [5.74, 6) is 0.0231. The van der Waals surface area contributed by atoms with Crippen LogP contribution in [0.3, 0.4) is 0 Å². The summed E-state index contributed by atoms with van der Waals surface area (Å²) < 4.78 is 26.4. The van der Waals surface area contributed by atoms with Crippen LogP contribution in [0.15, 0.2) is 41.4 Å². The number of halogens is 1. The Morgan fingerprint density at radius 3 is 2.61 bits per heavy atom. The Hall–Kier alpha value is -1.66. The third kappa shape index (κ3) is 2.77. The molecule has 0 aliphatic rings. The van der Waals surface area contributed by atoms with Gasteiger partial charge in [0.05, 0.1) is 5.02 Å². The quantitative estimate of drug-likeness (QED) is 0.938. The number of benzene rings is 1. The smallest absolute Gasteiger partial charge is 0.247 e. The van der Waals surface area contributed by atoms with E-state index >= 15 is 0 Å². The van der Waals surface area contributed by atoms with Gasteiger partial charge in [0, 0.05) is 11.9 Å². The highest BCUT2D eigenvalue weighted by Crippen LogP contribution is 2.21. The minimum atomic E-state index is -3.77. The maximum atomic E-state index is 12.1. The molecule has 1 N–H and O–H groups in total. The Bertz CT molecular complexity index is 673. The van der Waals surface area contributed by atoms with Crippen molar-refractivity contribution in [3.05, 3.63) is 47.2 Å². The second-order valence-corrected chi connectivity index (χ2v) is 5.62. The highest BCUT2D eigenvalue weighted by atomic mass is 35.5. The SMILES string of the molecule is Cc1ccnc(NS(=O)(=O)c2ccccc2Cl)n1. The molecular weight excluding hydrogens is 274 g/mol. The van der Waals surface area contributed by atoms with Crippen LogP contribution in [0, 0.1) is 6.92 Å². The van der Waals surface area contributed by atoms with E-state index in [1.807, 2.05) is 0 Å². The van der Waals surface area contributed by atoms with E-state index in [9.17, 15) is 8.42 Å². The molecule has 7 heteroatoms. The van der Waals surface area contributed by atoms with Crippen molar-refractivity contribution in [1.29, 1.82) is 0 Å². The van der Waals surface area contributed by atoms with E-state index < -0.39 is 10.0 Å². The Kier molecular flexibility index (Phi) is 3.49. The molecule has 0 bridgehead atoms. The number of anilines is 1. The number of hydrogen-bond acceptors (Lipinski definition) is 4. The van der Waals surface area contributed by atoms with Crippen LogP contribution in [0.2, 0.25) is 5.02 Å². The number of rotatable bonds is 3. The molecule has 0 saturated carbocycles. The van der Waals surface area contributed by atoms with E-state index in [0.717, 1.165) is 0 Å². The molecule has 0 saturated heterocycles. The maximum absolute atomic E-state index is 12.1. The molecule has 5 nitrogen and oxygen atoms in total. The summed E-state index contributed by atoms with van der Waals surface area (Å²) in [6.07, 6.45) is 1.48. The van der Waals surface area contributed by atoms with Crippen LogP contribution in [-0.4, -0.2) is 18.4 Å². The maximum Gasteiger partial charge on any atom is 0.265 e. The molecular formula is C11H10ClN3O2S. The minimum absolute atomic E-state index is 0.00299. The van der Waals surface area contributed by atoms with Crippen molar-refractivity contribution >= 4 is 27.6 Å². The summed E-state index contributed by atoms with van der Waals surface area (Å²) in [5.41, 5.74) is 0.668. The van der Waals surface area contributed by atoms with Crippen LogP contribution >= 0.6 is 11.6 Å². The average Bonchev–Trinajstić information content (AvgIpc) is 2.28. The van der Waals surface area contributed by atoms with Crippen molar-refractivity contribution in [3.8, 4) is 0 Å². The van der Waals surface area contributed by atoms with Crippen molar-refractivity contribution < 1.29 is 8.42 Å². The third-order valence-electron chi connectivity index (χ3n) is 2.15. The zero-order valence-corrected chi connectivity index (χ0v) is 11.0. The summed E-state index contributed by atoms with van der Waals surface area (Å²) in [5, 5.41) is 0.151. The summed E-state index contributed by atoms with van der Waals surface area (Å²) in [6, 6.07) is 7.85. The van der Waals surface area contributed by atoms with Gasteiger partial charge < -0.3 is 0 Å². The van der Waals surface area contributed by atoms with Gasteiger partial charge in [-0.1, -0.05) is 23.7 Å². The summed E-state index contributed by atoms with van der Waals surface area (Å²) in [4.78, 5) is 7.80. The van der Waals surface area contributed by atoms with E-state index in [-0.39, 0.29) is 15.9 Å². The Labute approximate surface area is 110 Å². The van der Waals surface area contributed by atoms with E-state index in [1.165, 1.54) is 18.3 Å². The molecule has 1 aromatic heterocycles. The molecule has 0 unspecified atom stereocenters. The van der Waals surface area contributed by atoms with Gasteiger partial charge in [0.1, 0.15) is 4.90 Å². The number of nitrogens with one attached hydrogen (secondary N) is 1. The first-order chi connectivity index (χ1) is 8.49. The highest BCUT2D eigenvalue weighted by molar-refractivity contribution is 7.92. The largest absolute Gasteiger partial charge is 0.265 e. The average molecular weight is 284 g/mol. The molecule has 0 aliphatic carbocycles. The highest BCUT2D eigenvalue weighted by Gasteiger charge is 2.18. The lowest BCUT2D eigenvalue weighted by Crippen LogP contribution is -2.15. The second-order valence-electron chi connectivity index (χ2n) is 3.56. The van der Waals surface area contributed by atoms with Gasteiger partial charge in [0.15, 0.2) is 0 Å². The minimum Gasteiger partial charge on any atom is -0.247 e. The van der Waals surface area contributed by atoms with Crippen molar-refractivity contribution in [1.82, 2.24) is 9.97 Å². The Morgan fingerprint density at radius 1 is 1.22 bits per heavy atom. The lowest BCUT2D eigenvalue weighted by Gasteiger charge is -2.07. The van der Waals surface area contributed by atoms with Crippen LogP contribution in [0.4, 0.5) is 5.95 Å². The molecule has 0 fully saturated rings. The molecule has 0 radical (unpaired) electrons. The van der Waals surface area contributed by atoms with Crippen molar-refractivity contribution in [2.24, 2.45) is 0 Å².